The summed E-state index contributed by atoms with van der Waals surface area (Å²) < 4.78 is 5.11. The molecule has 4 heteroatoms. The lowest BCUT2D eigenvalue weighted by atomic mass is 9.96. The lowest BCUT2D eigenvalue weighted by molar-refractivity contribution is -0.147. The molecular weight excluding hydrogens is 290 g/mol. The van der Waals surface area contributed by atoms with Crippen LogP contribution >= 0.6 is 0 Å². The van der Waals surface area contributed by atoms with Crippen LogP contribution in [0.15, 0.2) is 42.5 Å². The quantitative estimate of drug-likeness (QED) is 0.621. The monoisotopic (exact) mass is 317 g/mol. The molecule has 126 valence electrons. The number of carbonyl (C=O) groups excluding carboxylic acids is 2. The highest BCUT2D eigenvalue weighted by Crippen LogP contribution is 2.14. The molecule has 0 aliphatic carbocycles. The fraction of sp³-hybridized carbons (Fsp3) is 0.474. The van der Waals surface area contributed by atoms with Crippen molar-refractivity contribution in [2.75, 3.05) is 13.2 Å². The second kappa shape index (κ2) is 9.13. The van der Waals surface area contributed by atoms with E-state index in [1.165, 1.54) is 6.08 Å². The van der Waals surface area contributed by atoms with Crippen molar-refractivity contribution >= 4 is 11.9 Å². The predicted octanol–water partition coefficient (Wildman–Crippen LogP) is 3.13. The van der Waals surface area contributed by atoms with Crippen LogP contribution < -0.4 is 5.32 Å². The molecule has 23 heavy (non-hydrogen) atoms. The van der Waals surface area contributed by atoms with E-state index in [2.05, 4.69) is 5.32 Å². The Balaban J connectivity index is 2.65. The van der Waals surface area contributed by atoms with Gasteiger partial charge in [0.2, 0.25) is 5.91 Å². The highest BCUT2D eigenvalue weighted by Gasteiger charge is 2.20. The summed E-state index contributed by atoms with van der Waals surface area (Å²) in [5, 5.41) is 2.79. The molecular formula is C19H27NO3. The number of esters is 1. The van der Waals surface area contributed by atoms with E-state index in [9.17, 15) is 9.59 Å². The predicted molar refractivity (Wildman–Crippen MR) is 91.9 cm³/mol. The van der Waals surface area contributed by atoms with Gasteiger partial charge in [-0.1, -0.05) is 57.2 Å². The molecule has 0 aliphatic rings. The molecule has 0 saturated carbocycles. The van der Waals surface area contributed by atoms with Gasteiger partial charge in [0, 0.05) is 6.54 Å². The van der Waals surface area contributed by atoms with E-state index in [1.54, 1.807) is 6.92 Å². The Kier molecular flexibility index (Phi) is 7.52. The molecule has 1 aromatic rings. The summed E-state index contributed by atoms with van der Waals surface area (Å²) in [5.74, 6) is -0.858. The van der Waals surface area contributed by atoms with Gasteiger partial charge in [0.1, 0.15) is 0 Å². The average molecular weight is 317 g/mol. The molecule has 1 amide bonds. The van der Waals surface area contributed by atoms with E-state index in [0.29, 0.717) is 13.0 Å². The van der Waals surface area contributed by atoms with Gasteiger partial charge >= 0.3 is 5.97 Å². The van der Waals surface area contributed by atoms with Gasteiger partial charge in [0.25, 0.3) is 0 Å². The van der Waals surface area contributed by atoms with Crippen molar-refractivity contribution in [2.24, 2.45) is 11.3 Å². The fourth-order valence-corrected chi connectivity index (χ4v) is 2.01. The van der Waals surface area contributed by atoms with Crippen LogP contribution in [0.4, 0.5) is 0 Å². The Morgan fingerprint density at radius 2 is 1.87 bits per heavy atom. The number of rotatable bonds is 7. The molecule has 1 aromatic carbocycles. The van der Waals surface area contributed by atoms with Gasteiger partial charge in [-0.3, -0.25) is 9.59 Å². The summed E-state index contributed by atoms with van der Waals surface area (Å²) in [7, 11) is 0. The van der Waals surface area contributed by atoms with Gasteiger partial charge in [-0.05, 0) is 30.4 Å². The summed E-state index contributed by atoms with van der Waals surface area (Å²) >= 11 is 0. The number of carbonyl (C=O) groups is 2. The minimum Gasteiger partial charge on any atom is -0.466 e. The number of hydrogen-bond acceptors (Lipinski definition) is 3. The van der Waals surface area contributed by atoms with Crippen LogP contribution in [0, 0.1) is 11.3 Å². The first kappa shape index (κ1) is 18.9. The second-order valence-electron chi connectivity index (χ2n) is 6.58. The Bertz CT molecular complexity index is 529. The van der Waals surface area contributed by atoms with E-state index in [4.69, 9.17) is 4.74 Å². The van der Waals surface area contributed by atoms with Crippen molar-refractivity contribution in [1.82, 2.24) is 5.32 Å². The van der Waals surface area contributed by atoms with Gasteiger partial charge in [0.15, 0.2) is 0 Å². The molecule has 1 N–H and O–H groups in total. The van der Waals surface area contributed by atoms with Crippen molar-refractivity contribution in [1.29, 1.82) is 0 Å². The van der Waals surface area contributed by atoms with Crippen LogP contribution in [0.1, 0.15) is 33.3 Å². The molecule has 0 fully saturated rings. The van der Waals surface area contributed by atoms with E-state index >= 15 is 0 Å². The summed E-state index contributed by atoms with van der Waals surface area (Å²) in [6.07, 6.45) is 3.91. The number of ether oxygens (including phenoxy) is 1. The van der Waals surface area contributed by atoms with E-state index in [0.717, 1.165) is 5.56 Å². The lowest BCUT2D eigenvalue weighted by Gasteiger charge is -2.16. The van der Waals surface area contributed by atoms with E-state index in [1.807, 2.05) is 57.2 Å². The maximum absolute atomic E-state index is 12.1. The van der Waals surface area contributed by atoms with Crippen LogP contribution in [-0.4, -0.2) is 25.0 Å². The SMILES string of the molecule is CCOC(=O)C(CNC(=O)C=CC(C)(C)C)Cc1ccccc1. The molecule has 0 spiro atoms. The minimum atomic E-state index is -0.385. The van der Waals surface area contributed by atoms with Crippen molar-refractivity contribution in [3.8, 4) is 0 Å². The topological polar surface area (TPSA) is 55.4 Å². The zero-order valence-corrected chi connectivity index (χ0v) is 14.5. The Labute approximate surface area is 138 Å². The summed E-state index contributed by atoms with van der Waals surface area (Å²) in [5.41, 5.74) is 0.993. The maximum atomic E-state index is 12.1. The van der Waals surface area contributed by atoms with Gasteiger partial charge in [-0.2, -0.15) is 0 Å². The summed E-state index contributed by atoms with van der Waals surface area (Å²) in [4.78, 5) is 24.0. The Hall–Kier alpha value is -2.10. The summed E-state index contributed by atoms with van der Waals surface area (Å²) in [6.45, 7) is 8.44. The number of benzene rings is 1. The molecule has 0 saturated heterocycles. The standard InChI is InChI=1S/C19H27NO3/c1-5-23-18(22)16(13-15-9-7-6-8-10-15)14-20-17(21)11-12-19(2,3)4/h6-12,16H,5,13-14H2,1-4H3,(H,20,21). The smallest absolute Gasteiger partial charge is 0.311 e. The zero-order chi connectivity index (χ0) is 17.3. The van der Waals surface area contributed by atoms with Gasteiger partial charge in [-0.15, -0.1) is 0 Å². The van der Waals surface area contributed by atoms with Crippen LogP contribution in [-0.2, 0) is 20.7 Å². The normalized spacial score (nSPS) is 12.9. The fourth-order valence-electron chi connectivity index (χ4n) is 2.01. The molecule has 4 nitrogen and oxygen atoms in total. The number of hydrogen-bond donors (Lipinski definition) is 1. The van der Waals surface area contributed by atoms with Crippen LogP contribution in [0.2, 0.25) is 0 Å². The third-order valence-corrected chi connectivity index (χ3v) is 3.20. The molecule has 1 unspecified atom stereocenters. The Morgan fingerprint density at radius 3 is 2.43 bits per heavy atom. The highest BCUT2D eigenvalue weighted by molar-refractivity contribution is 5.88. The zero-order valence-electron chi connectivity index (χ0n) is 14.5. The van der Waals surface area contributed by atoms with E-state index in [-0.39, 0.29) is 29.8 Å². The first-order valence-corrected chi connectivity index (χ1v) is 7.99. The molecule has 0 aliphatic heterocycles. The molecule has 0 heterocycles. The average Bonchev–Trinajstić information content (AvgIpc) is 2.50. The van der Waals surface area contributed by atoms with Crippen molar-refractivity contribution < 1.29 is 14.3 Å². The Morgan fingerprint density at radius 1 is 1.22 bits per heavy atom. The number of allylic oxidation sites excluding steroid dienone is 1. The summed E-state index contributed by atoms with van der Waals surface area (Å²) in [6, 6.07) is 9.73. The van der Waals surface area contributed by atoms with Gasteiger partial charge in [-0.25, -0.2) is 0 Å². The van der Waals surface area contributed by atoms with Crippen LogP contribution in [0.5, 0.6) is 0 Å². The van der Waals surface area contributed by atoms with Crippen LogP contribution in [0.25, 0.3) is 0 Å². The van der Waals surface area contributed by atoms with Crippen molar-refractivity contribution in [3.63, 3.8) is 0 Å². The van der Waals surface area contributed by atoms with E-state index < -0.39 is 0 Å². The number of nitrogens with one attached hydrogen (secondary N) is 1. The number of amides is 1. The molecule has 1 rings (SSSR count). The van der Waals surface area contributed by atoms with Gasteiger partial charge in [0.05, 0.1) is 12.5 Å². The van der Waals surface area contributed by atoms with Crippen molar-refractivity contribution in [3.05, 3.63) is 48.0 Å². The molecule has 0 bridgehead atoms. The van der Waals surface area contributed by atoms with Gasteiger partial charge < -0.3 is 10.1 Å². The van der Waals surface area contributed by atoms with Crippen LogP contribution in [0.3, 0.4) is 0 Å². The molecule has 1 atom stereocenters. The maximum Gasteiger partial charge on any atom is 0.311 e. The molecule has 0 aromatic heterocycles. The van der Waals surface area contributed by atoms with Crippen molar-refractivity contribution in [2.45, 2.75) is 34.1 Å². The molecule has 0 radical (unpaired) electrons. The minimum absolute atomic E-state index is 0.0536. The first-order chi connectivity index (χ1) is 10.8. The third-order valence-electron chi connectivity index (χ3n) is 3.20. The lowest BCUT2D eigenvalue weighted by Crippen LogP contribution is -2.34. The highest BCUT2D eigenvalue weighted by atomic mass is 16.5. The first-order valence-electron chi connectivity index (χ1n) is 7.99. The third kappa shape index (κ3) is 8.19. The second-order valence-corrected chi connectivity index (χ2v) is 6.58. The largest absolute Gasteiger partial charge is 0.466 e.